The molecule has 1 aromatic heterocycles. The Kier molecular flexibility index (Phi) is 4.20. The van der Waals surface area contributed by atoms with E-state index >= 15 is 0 Å². The average Bonchev–Trinajstić information content (AvgIpc) is 2.59. The molecule has 4 nitrogen and oxygen atoms in total. The van der Waals surface area contributed by atoms with E-state index in [-0.39, 0.29) is 16.7 Å². The minimum atomic E-state index is -0.879. The van der Waals surface area contributed by atoms with Crippen molar-refractivity contribution in [3.05, 3.63) is 88.3 Å². The van der Waals surface area contributed by atoms with Gasteiger partial charge in [0.25, 0.3) is 11.5 Å². The van der Waals surface area contributed by atoms with Crippen molar-refractivity contribution in [1.29, 1.82) is 0 Å². The topological polar surface area (TPSA) is 62.0 Å². The van der Waals surface area contributed by atoms with E-state index in [0.717, 1.165) is 12.1 Å². The van der Waals surface area contributed by atoms with Gasteiger partial charge in [-0.1, -0.05) is 36.4 Å². The first-order chi connectivity index (χ1) is 11.6. The second-order valence-electron chi connectivity index (χ2n) is 5.05. The largest absolute Gasteiger partial charge is 0.328 e. The van der Waals surface area contributed by atoms with E-state index in [9.17, 15) is 18.4 Å². The van der Waals surface area contributed by atoms with Crippen LogP contribution in [0.15, 0.2) is 65.6 Å². The van der Waals surface area contributed by atoms with E-state index in [1.165, 1.54) is 18.3 Å². The number of para-hydroxylation sites is 1. The number of H-pyrrole nitrogens is 1. The molecule has 2 N–H and O–H groups in total. The van der Waals surface area contributed by atoms with E-state index in [0.29, 0.717) is 5.56 Å². The predicted octanol–water partition coefficient (Wildman–Crippen LogP) is 3.57. The average molecular weight is 326 g/mol. The van der Waals surface area contributed by atoms with Crippen molar-refractivity contribution in [1.82, 2.24) is 4.98 Å². The van der Waals surface area contributed by atoms with Crippen LogP contribution in [-0.4, -0.2) is 10.9 Å². The number of pyridine rings is 1. The number of rotatable bonds is 3. The zero-order valence-corrected chi connectivity index (χ0v) is 12.3. The van der Waals surface area contributed by atoms with Crippen LogP contribution in [0.25, 0.3) is 11.1 Å². The van der Waals surface area contributed by atoms with Crippen LogP contribution >= 0.6 is 0 Å². The van der Waals surface area contributed by atoms with E-state index in [1.54, 1.807) is 30.3 Å². The first kappa shape index (κ1) is 15.6. The van der Waals surface area contributed by atoms with Gasteiger partial charge >= 0.3 is 0 Å². The second-order valence-corrected chi connectivity index (χ2v) is 5.05. The van der Waals surface area contributed by atoms with Crippen LogP contribution in [0, 0.1) is 11.6 Å². The first-order valence-corrected chi connectivity index (χ1v) is 7.10. The summed E-state index contributed by atoms with van der Waals surface area (Å²) in [6, 6.07) is 13.4. The summed E-state index contributed by atoms with van der Waals surface area (Å²) in [4.78, 5) is 26.7. The van der Waals surface area contributed by atoms with Gasteiger partial charge in [-0.15, -0.1) is 0 Å². The van der Waals surface area contributed by atoms with Crippen LogP contribution in [0.1, 0.15) is 10.4 Å². The van der Waals surface area contributed by atoms with Crippen molar-refractivity contribution in [3.8, 4) is 11.1 Å². The Hall–Kier alpha value is -3.28. The monoisotopic (exact) mass is 326 g/mol. The molecule has 1 heterocycles. The van der Waals surface area contributed by atoms with Gasteiger partial charge in [-0.05, 0) is 23.8 Å². The number of amides is 1. The maximum absolute atomic E-state index is 13.6. The minimum absolute atomic E-state index is 0.0797. The lowest BCUT2D eigenvalue weighted by Gasteiger charge is -2.08. The molecule has 0 aliphatic heterocycles. The van der Waals surface area contributed by atoms with Gasteiger partial charge in [0.1, 0.15) is 17.3 Å². The Labute approximate surface area is 135 Å². The number of hydrogen-bond acceptors (Lipinski definition) is 2. The number of benzene rings is 2. The lowest BCUT2D eigenvalue weighted by Crippen LogP contribution is -2.17. The van der Waals surface area contributed by atoms with Gasteiger partial charge in [0.2, 0.25) is 0 Å². The van der Waals surface area contributed by atoms with Crippen molar-refractivity contribution in [2.75, 3.05) is 5.32 Å². The minimum Gasteiger partial charge on any atom is -0.328 e. The van der Waals surface area contributed by atoms with E-state index in [4.69, 9.17) is 0 Å². The molecule has 0 saturated carbocycles. The number of nitrogens with one attached hydrogen (secondary N) is 2. The summed E-state index contributed by atoms with van der Waals surface area (Å²) in [5.41, 5.74) is 0.101. The summed E-state index contributed by atoms with van der Waals surface area (Å²) in [5, 5.41) is 2.18. The van der Waals surface area contributed by atoms with Crippen LogP contribution in [0.3, 0.4) is 0 Å². The molecule has 6 heteroatoms. The zero-order valence-electron chi connectivity index (χ0n) is 12.3. The third kappa shape index (κ3) is 3.08. The Balaban J connectivity index is 1.96. The summed E-state index contributed by atoms with van der Waals surface area (Å²) in [6.07, 6.45) is 1.20. The molecule has 0 aliphatic rings. The fourth-order valence-corrected chi connectivity index (χ4v) is 2.25. The molecule has 0 radical (unpaired) electrons. The summed E-state index contributed by atoms with van der Waals surface area (Å²) in [7, 11) is 0. The molecule has 3 aromatic rings. The lowest BCUT2D eigenvalue weighted by molar-refractivity contribution is 0.102. The Morgan fingerprint density at radius 1 is 0.958 bits per heavy atom. The lowest BCUT2D eigenvalue weighted by atomic mass is 10.1. The summed E-state index contributed by atoms with van der Waals surface area (Å²) < 4.78 is 27.2. The molecule has 2 aromatic carbocycles. The van der Waals surface area contributed by atoms with Gasteiger partial charge in [0.05, 0.1) is 5.56 Å². The number of anilines is 1. The van der Waals surface area contributed by atoms with Crippen molar-refractivity contribution in [2.45, 2.75) is 0 Å². The highest BCUT2D eigenvalue weighted by Gasteiger charge is 2.15. The van der Waals surface area contributed by atoms with Gasteiger partial charge in [-0.2, -0.15) is 0 Å². The van der Waals surface area contributed by atoms with Gasteiger partial charge in [0.15, 0.2) is 0 Å². The molecule has 0 saturated heterocycles. The molecule has 120 valence electrons. The van der Waals surface area contributed by atoms with E-state index in [2.05, 4.69) is 10.3 Å². The molecule has 0 aliphatic carbocycles. The maximum Gasteiger partial charge on any atom is 0.257 e. The Morgan fingerprint density at radius 3 is 2.29 bits per heavy atom. The van der Waals surface area contributed by atoms with Crippen molar-refractivity contribution in [3.63, 3.8) is 0 Å². The van der Waals surface area contributed by atoms with Crippen molar-refractivity contribution in [2.24, 2.45) is 0 Å². The maximum atomic E-state index is 13.6. The zero-order chi connectivity index (χ0) is 17.1. The fraction of sp³-hybridized carbons (Fsp3) is 0. The fourth-order valence-electron chi connectivity index (χ4n) is 2.25. The molecular weight excluding hydrogens is 314 g/mol. The summed E-state index contributed by atoms with van der Waals surface area (Å²) in [6.45, 7) is 0. The summed E-state index contributed by atoms with van der Waals surface area (Å²) >= 11 is 0. The van der Waals surface area contributed by atoms with Crippen molar-refractivity contribution >= 4 is 11.6 Å². The SMILES string of the molecule is O=C(Nc1c(F)cccc1F)c1c[nH]c(=O)c(-c2ccccc2)c1. The van der Waals surface area contributed by atoms with Crippen LogP contribution in [0.2, 0.25) is 0 Å². The molecule has 0 unspecified atom stereocenters. The Morgan fingerprint density at radius 2 is 1.62 bits per heavy atom. The normalized spacial score (nSPS) is 10.4. The molecule has 0 atom stereocenters. The van der Waals surface area contributed by atoms with Crippen LogP contribution in [-0.2, 0) is 0 Å². The molecule has 1 amide bonds. The predicted molar refractivity (Wildman–Crippen MR) is 86.8 cm³/mol. The first-order valence-electron chi connectivity index (χ1n) is 7.10. The second kappa shape index (κ2) is 6.45. The van der Waals surface area contributed by atoms with Crippen LogP contribution < -0.4 is 10.9 Å². The quantitative estimate of drug-likeness (QED) is 0.773. The van der Waals surface area contributed by atoms with Gasteiger partial charge in [-0.25, -0.2) is 8.78 Å². The van der Waals surface area contributed by atoms with E-state index in [1.807, 2.05) is 0 Å². The molecule has 0 bridgehead atoms. The highest BCUT2D eigenvalue weighted by molar-refractivity contribution is 6.04. The molecular formula is C18H12F2N2O2. The van der Waals surface area contributed by atoms with Gasteiger partial charge < -0.3 is 10.3 Å². The molecule has 0 spiro atoms. The molecule has 0 fully saturated rings. The number of aromatic nitrogens is 1. The number of hydrogen-bond donors (Lipinski definition) is 2. The number of carbonyl (C=O) groups excluding carboxylic acids is 1. The summed E-state index contributed by atoms with van der Waals surface area (Å²) in [5.74, 6) is -2.49. The smallest absolute Gasteiger partial charge is 0.257 e. The number of halogens is 2. The highest BCUT2D eigenvalue weighted by Crippen LogP contribution is 2.20. The standard InChI is InChI=1S/C18H12F2N2O2/c19-14-7-4-8-15(20)16(14)22-17(23)12-9-13(18(24)21-10-12)11-5-2-1-3-6-11/h1-10H,(H,21,24)(H,22,23). The van der Waals surface area contributed by atoms with Gasteiger partial charge in [-0.3, -0.25) is 9.59 Å². The van der Waals surface area contributed by atoms with Crippen LogP contribution in [0.4, 0.5) is 14.5 Å². The van der Waals surface area contributed by atoms with Crippen molar-refractivity contribution < 1.29 is 13.6 Å². The Bertz CT molecular complexity index is 932. The molecule has 24 heavy (non-hydrogen) atoms. The third-order valence-electron chi connectivity index (χ3n) is 3.45. The number of carbonyl (C=O) groups is 1. The highest BCUT2D eigenvalue weighted by atomic mass is 19.1. The van der Waals surface area contributed by atoms with Crippen LogP contribution in [0.5, 0.6) is 0 Å². The number of aromatic amines is 1. The third-order valence-corrected chi connectivity index (χ3v) is 3.45. The van der Waals surface area contributed by atoms with E-state index < -0.39 is 23.2 Å². The van der Waals surface area contributed by atoms with Gasteiger partial charge in [0, 0.05) is 11.8 Å². The molecule has 3 rings (SSSR count).